The molecule has 1 spiro atoms. The molecule has 0 bridgehead atoms. The van der Waals surface area contributed by atoms with Crippen LogP contribution in [0.5, 0.6) is 0 Å². The molecule has 1 aromatic heterocycles. The first-order valence-electron chi connectivity index (χ1n) is 8.28. The fourth-order valence-electron chi connectivity index (χ4n) is 3.65. The molecule has 2 aliphatic rings. The van der Waals surface area contributed by atoms with Crippen molar-refractivity contribution in [2.45, 2.75) is 32.7 Å². The molecule has 1 N–H and O–H groups in total. The van der Waals surface area contributed by atoms with E-state index in [1.54, 1.807) is 4.90 Å². The molecule has 2 aliphatic heterocycles. The van der Waals surface area contributed by atoms with Crippen molar-refractivity contribution in [3.8, 4) is 0 Å². The van der Waals surface area contributed by atoms with Crippen LogP contribution in [0.25, 0.3) is 0 Å². The minimum absolute atomic E-state index is 0.00130. The molecule has 2 saturated heterocycles. The first-order chi connectivity index (χ1) is 11.4. The zero-order valence-corrected chi connectivity index (χ0v) is 13.8. The Labute approximate surface area is 139 Å². The highest BCUT2D eigenvalue weighted by molar-refractivity contribution is 5.80. The number of amides is 2. The number of hydrogen-bond acceptors (Lipinski definition) is 4. The molecule has 0 atom stereocenters. The molecule has 0 aliphatic carbocycles. The minimum Gasteiger partial charge on any atom is -0.342 e. The predicted octanol–water partition coefficient (Wildman–Crippen LogP) is -0.602. The Kier molecular flexibility index (Phi) is 4.29. The summed E-state index contributed by atoms with van der Waals surface area (Å²) in [5.41, 5.74) is -1.06. The average Bonchev–Trinajstić information content (AvgIpc) is 2.86. The molecule has 130 valence electrons. The number of aromatic amines is 1. The van der Waals surface area contributed by atoms with Gasteiger partial charge in [0.1, 0.15) is 6.54 Å². The van der Waals surface area contributed by atoms with Gasteiger partial charge in [-0.1, -0.05) is 0 Å². The van der Waals surface area contributed by atoms with E-state index in [-0.39, 0.29) is 23.8 Å². The monoisotopic (exact) mass is 334 g/mol. The number of nitrogens with zero attached hydrogens (tertiary/aromatic N) is 3. The largest absolute Gasteiger partial charge is 0.342 e. The number of carbonyl (C=O) groups is 2. The standard InChI is InChI=1S/C16H22N4O4/c1-2-18-11-16(9-13(18)22)4-7-19(8-5-16)14(23)10-20-6-3-12(21)17-15(20)24/h3,6H,2,4-5,7-11H2,1H3,(H,17,21,24). The van der Waals surface area contributed by atoms with Gasteiger partial charge in [-0.25, -0.2) is 4.79 Å². The van der Waals surface area contributed by atoms with Crippen LogP contribution in [0.1, 0.15) is 26.2 Å². The van der Waals surface area contributed by atoms with Gasteiger partial charge in [-0.2, -0.15) is 0 Å². The summed E-state index contributed by atoms with van der Waals surface area (Å²) in [5.74, 6) is 0.0627. The molecule has 24 heavy (non-hydrogen) atoms. The fraction of sp³-hybridized carbons (Fsp3) is 0.625. The van der Waals surface area contributed by atoms with E-state index >= 15 is 0 Å². The van der Waals surface area contributed by atoms with E-state index in [1.165, 1.54) is 16.8 Å². The lowest BCUT2D eigenvalue weighted by atomic mass is 9.77. The normalized spacial score (nSPS) is 20.0. The summed E-state index contributed by atoms with van der Waals surface area (Å²) in [5, 5.41) is 0. The highest BCUT2D eigenvalue weighted by Gasteiger charge is 2.44. The van der Waals surface area contributed by atoms with Crippen LogP contribution < -0.4 is 11.2 Å². The zero-order valence-electron chi connectivity index (χ0n) is 13.8. The van der Waals surface area contributed by atoms with E-state index in [2.05, 4.69) is 4.98 Å². The predicted molar refractivity (Wildman–Crippen MR) is 86.4 cm³/mol. The third-order valence-electron chi connectivity index (χ3n) is 5.17. The quantitative estimate of drug-likeness (QED) is 0.798. The summed E-state index contributed by atoms with van der Waals surface area (Å²) in [4.78, 5) is 52.9. The number of piperidine rings is 1. The van der Waals surface area contributed by atoms with E-state index in [1.807, 2.05) is 11.8 Å². The van der Waals surface area contributed by atoms with Gasteiger partial charge in [0.25, 0.3) is 5.56 Å². The van der Waals surface area contributed by atoms with Gasteiger partial charge in [-0.3, -0.25) is 23.9 Å². The second-order valence-corrected chi connectivity index (χ2v) is 6.70. The van der Waals surface area contributed by atoms with E-state index in [9.17, 15) is 19.2 Å². The molecule has 8 heteroatoms. The SMILES string of the molecule is CCN1CC2(CCN(C(=O)Cn3ccc(=O)[nH]c3=O)CC2)CC1=O. The fourth-order valence-corrected chi connectivity index (χ4v) is 3.65. The molecule has 2 fully saturated rings. The molecule has 3 heterocycles. The van der Waals surface area contributed by atoms with Crippen LogP contribution in [-0.4, -0.2) is 57.3 Å². The molecule has 0 unspecified atom stereocenters. The summed E-state index contributed by atoms with van der Waals surface area (Å²) in [6, 6.07) is 1.23. The van der Waals surface area contributed by atoms with Gasteiger partial charge < -0.3 is 9.80 Å². The summed E-state index contributed by atoms with van der Waals surface area (Å²) < 4.78 is 1.20. The van der Waals surface area contributed by atoms with Crippen LogP contribution in [0.4, 0.5) is 0 Å². The topological polar surface area (TPSA) is 95.5 Å². The first-order valence-corrected chi connectivity index (χ1v) is 8.28. The highest BCUT2D eigenvalue weighted by Crippen LogP contribution is 2.40. The van der Waals surface area contributed by atoms with Crippen molar-refractivity contribution >= 4 is 11.8 Å². The van der Waals surface area contributed by atoms with Gasteiger partial charge in [0.2, 0.25) is 11.8 Å². The van der Waals surface area contributed by atoms with Crippen LogP contribution in [0, 0.1) is 5.41 Å². The highest BCUT2D eigenvalue weighted by atomic mass is 16.2. The molecule has 1 aromatic rings. The lowest BCUT2D eigenvalue weighted by Crippen LogP contribution is -2.46. The number of likely N-dealkylation sites (tertiary alicyclic amines) is 2. The van der Waals surface area contributed by atoms with Crippen LogP contribution >= 0.6 is 0 Å². The summed E-state index contributed by atoms with van der Waals surface area (Å²) in [6.45, 7) is 4.62. The van der Waals surface area contributed by atoms with E-state index in [0.29, 0.717) is 19.5 Å². The first kappa shape index (κ1) is 16.5. The third kappa shape index (κ3) is 3.13. The minimum atomic E-state index is -0.579. The smallest absolute Gasteiger partial charge is 0.328 e. The molecule has 8 nitrogen and oxygen atoms in total. The Morgan fingerprint density at radius 2 is 1.96 bits per heavy atom. The maximum atomic E-state index is 12.4. The average molecular weight is 334 g/mol. The molecule has 0 aromatic carbocycles. The van der Waals surface area contributed by atoms with Crippen molar-refractivity contribution in [2.75, 3.05) is 26.2 Å². The van der Waals surface area contributed by atoms with E-state index in [0.717, 1.165) is 25.9 Å². The van der Waals surface area contributed by atoms with Crippen molar-refractivity contribution in [3.05, 3.63) is 33.1 Å². The number of H-pyrrole nitrogens is 1. The lowest BCUT2D eigenvalue weighted by Gasteiger charge is -2.38. The third-order valence-corrected chi connectivity index (χ3v) is 5.17. The second kappa shape index (κ2) is 6.26. The number of rotatable bonds is 3. The van der Waals surface area contributed by atoms with Crippen LogP contribution in [0.3, 0.4) is 0 Å². The molecule has 0 saturated carbocycles. The molecular formula is C16H22N4O4. The van der Waals surface area contributed by atoms with Crippen molar-refractivity contribution < 1.29 is 9.59 Å². The molecular weight excluding hydrogens is 312 g/mol. The number of nitrogens with one attached hydrogen (secondary N) is 1. The van der Waals surface area contributed by atoms with Crippen molar-refractivity contribution in [2.24, 2.45) is 5.41 Å². The summed E-state index contributed by atoms with van der Waals surface area (Å²) in [7, 11) is 0. The van der Waals surface area contributed by atoms with Crippen molar-refractivity contribution in [1.82, 2.24) is 19.4 Å². The maximum absolute atomic E-state index is 12.4. The van der Waals surface area contributed by atoms with Gasteiger partial charge in [-0.05, 0) is 19.8 Å². The summed E-state index contributed by atoms with van der Waals surface area (Å²) in [6.07, 6.45) is 3.52. The van der Waals surface area contributed by atoms with Gasteiger partial charge >= 0.3 is 5.69 Å². The molecule has 3 rings (SSSR count). The van der Waals surface area contributed by atoms with Crippen LogP contribution in [0.15, 0.2) is 21.9 Å². The van der Waals surface area contributed by atoms with Crippen LogP contribution in [-0.2, 0) is 16.1 Å². The molecule has 0 radical (unpaired) electrons. The zero-order chi connectivity index (χ0) is 17.3. The number of carbonyl (C=O) groups excluding carboxylic acids is 2. The Morgan fingerprint density at radius 1 is 1.25 bits per heavy atom. The Balaban J connectivity index is 1.60. The Morgan fingerprint density at radius 3 is 2.54 bits per heavy atom. The van der Waals surface area contributed by atoms with E-state index < -0.39 is 11.2 Å². The Bertz CT molecular complexity index is 758. The van der Waals surface area contributed by atoms with Gasteiger partial charge in [-0.15, -0.1) is 0 Å². The van der Waals surface area contributed by atoms with E-state index in [4.69, 9.17) is 0 Å². The van der Waals surface area contributed by atoms with Crippen molar-refractivity contribution in [1.29, 1.82) is 0 Å². The summed E-state index contributed by atoms with van der Waals surface area (Å²) >= 11 is 0. The number of aromatic nitrogens is 2. The van der Waals surface area contributed by atoms with Crippen LogP contribution in [0.2, 0.25) is 0 Å². The van der Waals surface area contributed by atoms with Gasteiger partial charge in [0.05, 0.1) is 0 Å². The maximum Gasteiger partial charge on any atom is 0.328 e. The van der Waals surface area contributed by atoms with Gasteiger partial charge in [0.15, 0.2) is 0 Å². The Hall–Kier alpha value is -2.38. The lowest BCUT2D eigenvalue weighted by molar-refractivity contribution is -0.134. The van der Waals surface area contributed by atoms with Crippen molar-refractivity contribution in [3.63, 3.8) is 0 Å². The second-order valence-electron chi connectivity index (χ2n) is 6.70. The van der Waals surface area contributed by atoms with Gasteiger partial charge in [0, 0.05) is 50.3 Å². The molecule has 2 amide bonds. The number of hydrogen-bond donors (Lipinski definition) is 1.